The van der Waals surface area contributed by atoms with E-state index in [9.17, 15) is 9.59 Å². The van der Waals surface area contributed by atoms with Gasteiger partial charge in [0.05, 0.1) is 13.7 Å². The minimum atomic E-state index is -0.679. The molecule has 1 aromatic rings. The van der Waals surface area contributed by atoms with Crippen molar-refractivity contribution in [2.24, 2.45) is 11.8 Å². The molecule has 0 aliphatic heterocycles. The molecule has 4 nitrogen and oxygen atoms in total. The summed E-state index contributed by atoms with van der Waals surface area (Å²) < 4.78 is 10.5. The van der Waals surface area contributed by atoms with Gasteiger partial charge in [0.2, 0.25) is 0 Å². The van der Waals surface area contributed by atoms with Gasteiger partial charge in [-0.25, -0.2) is 0 Å². The second-order valence-corrected chi connectivity index (χ2v) is 6.49. The predicted octanol–water partition coefficient (Wildman–Crippen LogP) is 4.42. The van der Waals surface area contributed by atoms with Crippen molar-refractivity contribution in [3.05, 3.63) is 29.8 Å². The Morgan fingerprint density at radius 1 is 1.12 bits per heavy atom. The molecule has 1 aromatic carbocycles. The summed E-state index contributed by atoms with van der Waals surface area (Å²) in [5.74, 6) is -0.363. The van der Waals surface area contributed by atoms with E-state index in [1.807, 2.05) is 0 Å². The molecule has 0 amide bonds. The van der Waals surface area contributed by atoms with Crippen molar-refractivity contribution in [2.45, 2.75) is 51.9 Å². The Kier molecular flexibility index (Phi) is 7.29. The molecule has 132 valence electrons. The molecule has 0 aromatic heterocycles. The summed E-state index contributed by atoms with van der Waals surface area (Å²) in [6.07, 6.45) is 7.27. The number of ketones is 1. The molecule has 0 heterocycles. The smallest absolute Gasteiger partial charge is 0.316 e. The van der Waals surface area contributed by atoms with Crippen LogP contribution >= 0.6 is 0 Å². The second-order valence-electron chi connectivity index (χ2n) is 6.49. The Morgan fingerprint density at radius 2 is 1.79 bits per heavy atom. The molecule has 0 N–H and O–H groups in total. The lowest BCUT2D eigenvalue weighted by molar-refractivity contribution is -0.145. The number of esters is 1. The van der Waals surface area contributed by atoms with Gasteiger partial charge in [0.25, 0.3) is 0 Å². The van der Waals surface area contributed by atoms with Crippen LogP contribution in [-0.2, 0) is 9.53 Å². The van der Waals surface area contributed by atoms with Crippen LogP contribution in [0.5, 0.6) is 5.75 Å². The Balaban J connectivity index is 2.09. The number of carbonyl (C=O) groups excluding carboxylic acids is 2. The third-order valence-corrected chi connectivity index (χ3v) is 4.76. The van der Waals surface area contributed by atoms with Crippen molar-refractivity contribution in [1.29, 1.82) is 0 Å². The maximum atomic E-state index is 12.9. The lowest BCUT2D eigenvalue weighted by Gasteiger charge is -2.27. The summed E-state index contributed by atoms with van der Waals surface area (Å²) in [7, 11) is 1.36. The molecule has 24 heavy (non-hydrogen) atoms. The zero-order valence-electron chi connectivity index (χ0n) is 14.8. The second kappa shape index (κ2) is 9.45. The van der Waals surface area contributed by atoms with Crippen LogP contribution in [0.1, 0.15) is 62.2 Å². The van der Waals surface area contributed by atoms with Gasteiger partial charge < -0.3 is 9.47 Å². The van der Waals surface area contributed by atoms with Crippen LogP contribution in [0.2, 0.25) is 0 Å². The average molecular weight is 332 g/mol. The number of hydrogen-bond donors (Lipinski definition) is 0. The first-order valence-electron chi connectivity index (χ1n) is 9.02. The average Bonchev–Trinajstić information content (AvgIpc) is 2.63. The van der Waals surface area contributed by atoms with Crippen LogP contribution in [0.15, 0.2) is 24.3 Å². The van der Waals surface area contributed by atoms with Gasteiger partial charge in [-0.1, -0.05) is 32.6 Å². The topological polar surface area (TPSA) is 52.6 Å². The van der Waals surface area contributed by atoms with Gasteiger partial charge >= 0.3 is 5.97 Å². The largest absolute Gasteiger partial charge is 0.494 e. The van der Waals surface area contributed by atoms with E-state index in [0.717, 1.165) is 44.3 Å². The lowest BCUT2D eigenvalue weighted by atomic mass is 9.77. The molecule has 0 spiro atoms. The van der Waals surface area contributed by atoms with Crippen LogP contribution in [0.4, 0.5) is 0 Å². The SMILES string of the molecule is CCCCOc1ccc(C(=O)C(C(=O)OC)C2CCCCC2)cc1. The number of methoxy groups -OCH3 is 1. The van der Waals surface area contributed by atoms with Crippen molar-refractivity contribution in [1.82, 2.24) is 0 Å². The minimum Gasteiger partial charge on any atom is -0.494 e. The molecule has 0 radical (unpaired) electrons. The highest BCUT2D eigenvalue weighted by atomic mass is 16.5. The first-order chi connectivity index (χ1) is 11.7. The molecule has 0 bridgehead atoms. The summed E-state index contributed by atoms with van der Waals surface area (Å²) in [5, 5.41) is 0. The van der Waals surface area contributed by atoms with Crippen LogP contribution in [0.25, 0.3) is 0 Å². The van der Waals surface area contributed by atoms with E-state index < -0.39 is 11.9 Å². The van der Waals surface area contributed by atoms with Crippen LogP contribution < -0.4 is 4.74 Å². The zero-order chi connectivity index (χ0) is 17.4. The first-order valence-corrected chi connectivity index (χ1v) is 9.02. The minimum absolute atomic E-state index is 0.0965. The van der Waals surface area contributed by atoms with Crippen LogP contribution in [-0.4, -0.2) is 25.5 Å². The highest BCUT2D eigenvalue weighted by Crippen LogP contribution is 2.33. The van der Waals surface area contributed by atoms with Crippen molar-refractivity contribution in [3.63, 3.8) is 0 Å². The number of benzene rings is 1. The summed E-state index contributed by atoms with van der Waals surface area (Å²) >= 11 is 0. The van der Waals surface area contributed by atoms with E-state index in [1.165, 1.54) is 13.5 Å². The van der Waals surface area contributed by atoms with Crippen LogP contribution in [0, 0.1) is 11.8 Å². The summed E-state index contributed by atoms with van der Waals surface area (Å²) in [5.41, 5.74) is 0.554. The lowest BCUT2D eigenvalue weighted by Crippen LogP contribution is -2.33. The third kappa shape index (κ3) is 4.83. The van der Waals surface area contributed by atoms with Gasteiger partial charge in [-0.2, -0.15) is 0 Å². The normalized spacial score (nSPS) is 16.4. The maximum Gasteiger partial charge on any atom is 0.316 e. The van der Waals surface area contributed by atoms with Gasteiger partial charge in [-0.15, -0.1) is 0 Å². The van der Waals surface area contributed by atoms with Crippen molar-refractivity contribution < 1.29 is 19.1 Å². The van der Waals surface area contributed by atoms with Crippen molar-refractivity contribution in [3.8, 4) is 5.75 Å². The third-order valence-electron chi connectivity index (χ3n) is 4.76. The molecule has 1 aliphatic rings. The molecule has 1 aliphatic carbocycles. The Hall–Kier alpha value is -1.84. The molecule has 2 rings (SSSR count). The standard InChI is InChI=1S/C20H28O4/c1-3-4-14-24-17-12-10-16(11-13-17)19(21)18(20(22)23-2)15-8-6-5-7-9-15/h10-13,15,18H,3-9,14H2,1-2H3. The molecule has 1 unspecified atom stereocenters. The zero-order valence-corrected chi connectivity index (χ0v) is 14.8. The number of Topliss-reactive ketones (excluding diaryl/α,β-unsaturated/α-hetero) is 1. The highest BCUT2D eigenvalue weighted by molar-refractivity contribution is 6.08. The Labute approximate surface area is 144 Å². The van der Waals surface area contributed by atoms with E-state index in [0.29, 0.717) is 12.2 Å². The summed E-state index contributed by atoms with van der Waals surface area (Å²) in [6, 6.07) is 7.11. The fourth-order valence-corrected chi connectivity index (χ4v) is 3.34. The van der Waals surface area contributed by atoms with Gasteiger partial charge in [-0.3, -0.25) is 9.59 Å². The molecule has 1 saturated carbocycles. The predicted molar refractivity (Wildman–Crippen MR) is 93.3 cm³/mol. The summed E-state index contributed by atoms with van der Waals surface area (Å²) in [6.45, 7) is 2.79. The van der Waals surface area contributed by atoms with Gasteiger partial charge in [0.15, 0.2) is 5.78 Å². The van der Waals surface area contributed by atoms with Crippen molar-refractivity contribution >= 4 is 11.8 Å². The van der Waals surface area contributed by atoms with Gasteiger partial charge in [0.1, 0.15) is 11.7 Å². The molecule has 0 saturated heterocycles. The number of ether oxygens (including phenoxy) is 2. The number of hydrogen-bond acceptors (Lipinski definition) is 4. The number of rotatable bonds is 8. The molecule has 4 heteroatoms. The number of unbranched alkanes of at least 4 members (excludes halogenated alkanes) is 1. The molecular weight excluding hydrogens is 304 g/mol. The van der Waals surface area contributed by atoms with E-state index in [2.05, 4.69) is 6.92 Å². The van der Waals surface area contributed by atoms with Crippen molar-refractivity contribution in [2.75, 3.05) is 13.7 Å². The monoisotopic (exact) mass is 332 g/mol. The van der Waals surface area contributed by atoms with Gasteiger partial charge in [-0.05, 0) is 49.4 Å². The van der Waals surface area contributed by atoms with E-state index in [-0.39, 0.29) is 11.7 Å². The Bertz CT molecular complexity index is 529. The van der Waals surface area contributed by atoms with Crippen LogP contribution in [0.3, 0.4) is 0 Å². The summed E-state index contributed by atoms with van der Waals surface area (Å²) in [4.78, 5) is 25.1. The maximum absolute atomic E-state index is 12.9. The highest BCUT2D eigenvalue weighted by Gasteiger charge is 2.36. The molecule has 1 fully saturated rings. The fourth-order valence-electron chi connectivity index (χ4n) is 3.34. The van der Waals surface area contributed by atoms with E-state index in [1.54, 1.807) is 24.3 Å². The molecule has 1 atom stereocenters. The van der Waals surface area contributed by atoms with E-state index >= 15 is 0 Å². The number of carbonyl (C=O) groups is 2. The van der Waals surface area contributed by atoms with E-state index in [4.69, 9.17) is 9.47 Å². The Morgan fingerprint density at radius 3 is 2.38 bits per heavy atom. The molecular formula is C20H28O4. The van der Waals surface area contributed by atoms with Gasteiger partial charge in [0, 0.05) is 5.56 Å². The fraction of sp³-hybridized carbons (Fsp3) is 0.600. The quantitative estimate of drug-likeness (QED) is 0.306. The first kappa shape index (κ1) is 18.5.